The lowest BCUT2D eigenvalue weighted by Gasteiger charge is -2.31. The van der Waals surface area contributed by atoms with Gasteiger partial charge in [0.15, 0.2) is 5.05 Å². The number of fused-ring (bicyclic) bond motifs is 5. The van der Waals surface area contributed by atoms with Crippen LogP contribution in [0.3, 0.4) is 0 Å². The van der Waals surface area contributed by atoms with Crippen molar-refractivity contribution in [2.24, 2.45) is 23.7 Å². The maximum Gasteiger partial charge on any atom is 0.157 e. The molecule has 0 saturated heterocycles. The van der Waals surface area contributed by atoms with Gasteiger partial charge in [-0.05, 0) is 61.6 Å². The molecular formula is C12H18OS. The Balaban J connectivity index is 1.73. The Hall–Kier alpha value is -0.110. The van der Waals surface area contributed by atoms with Crippen molar-refractivity contribution in [2.45, 2.75) is 45.1 Å². The molecule has 0 aromatic carbocycles. The van der Waals surface area contributed by atoms with Crippen LogP contribution in [0.15, 0.2) is 0 Å². The number of hydrogen-bond acceptors (Lipinski definition) is 2. The number of rotatable bonds is 1. The molecule has 2 heteroatoms. The lowest BCUT2D eigenvalue weighted by atomic mass is 9.80. The van der Waals surface area contributed by atoms with E-state index in [0.29, 0.717) is 6.10 Å². The van der Waals surface area contributed by atoms with Gasteiger partial charge in [0.25, 0.3) is 0 Å². The molecule has 0 radical (unpaired) electrons. The summed E-state index contributed by atoms with van der Waals surface area (Å²) in [5, 5.41) is 0.747. The van der Waals surface area contributed by atoms with Gasteiger partial charge in [0.1, 0.15) is 6.10 Å². The van der Waals surface area contributed by atoms with Crippen LogP contribution in [-0.4, -0.2) is 11.2 Å². The highest BCUT2D eigenvalue weighted by Gasteiger charge is 2.54. The highest BCUT2D eigenvalue weighted by molar-refractivity contribution is 7.80. The Morgan fingerprint density at radius 1 is 1.14 bits per heavy atom. The molecule has 5 atom stereocenters. The second-order valence-electron chi connectivity index (χ2n) is 5.30. The SMILES string of the molecule is CC(=S)OC1CC2CC1C1CCCC21. The summed E-state index contributed by atoms with van der Waals surface area (Å²) in [5.41, 5.74) is 0. The van der Waals surface area contributed by atoms with Crippen LogP contribution in [0.25, 0.3) is 0 Å². The van der Waals surface area contributed by atoms with Crippen molar-refractivity contribution < 1.29 is 4.74 Å². The van der Waals surface area contributed by atoms with Crippen molar-refractivity contribution >= 4 is 17.3 Å². The Morgan fingerprint density at radius 3 is 2.71 bits per heavy atom. The van der Waals surface area contributed by atoms with E-state index in [1.807, 2.05) is 6.92 Å². The normalized spacial score (nSPS) is 49.4. The zero-order valence-electron chi connectivity index (χ0n) is 8.74. The molecule has 3 aliphatic carbocycles. The average molecular weight is 210 g/mol. The van der Waals surface area contributed by atoms with Crippen LogP contribution in [0.2, 0.25) is 0 Å². The monoisotopic (exact) mass is 210 g/mol. The van der Waals surface area contributed by atoms with E-state index in [-0.39, 0.29) is 0 Å². The van der Waals surface area contributed by atoms with Crippen LogP contribution in [-0.2, 0) is 4.74 Å². The van der Waals surface area contributed by atoms with E-state index >= 15 is 0 Å². The van der Waals surface area contributed by atoms with Crippen LogP contribution in [0.4, 0.5) is 0 Å². The van der Waals surface area contributed by atoms with E-state index in [0.717, 1.165) is 28.7 Å². The van der Waals surface area contributed by atoms with Crippen molar-refractivity contribution in [3.63, 3.8) is 0 Å². The van der Waals surface area contributed by atoms with Crippen molar-refractivity contribution in [3.8, 4) is 0 Å². The minimum atomic E-state index is 0.483. The van der Waals surface area contributed by atoms with Gasteiger partial charge in [-0.15, -0.1) is 0 Å². The van der Waals surface area contributed by atoms with Gasteiger partial charge in [-0.25, -0.2) is 0 Å². The van der Waals surface area contributed by atoms with E-state index < -0.39 is 0 Å². The molecule has 78 valence electrons. The predicted octanol–water partition coefficient (Wildman–Crippen LogP) is 3.18. The lowest BCUT2D eigenvalue weighted by molar-refractivity contribution is 0.0771. The van der Waals surface area contributed by atoms with Gasteiger partial charge >= 0.3 is 0 Å². The molecule has 3 aliphatic rings. The number of ether oxygens (including phenoxy) is 1. The summed E-state index contributed by atoms with van der Waals surface area (Å²) in [5.74, 6) is 3.88. The summed E-state index contributed by atoms with van der Waals surface area (Å²) in [6.07, 6.45) is 7.63. The van der Waals surface area contributed by atoms with Gasteiger partial charge in [0.2, 0.25) is 0 Å². The van der Waals surface area contributed by atoms with Crippen LogP contribution < -0.4 is 0 Å². The highest BCUT2D eigenvalue weighted by atomic mass is 32.1. The lowest BCUT2D eigenvalue weighted by Crippen LogP contribution is -2.31. The average Bonchev–Trinajstić information content (AvgIpc) is 2.68. The van der Waals surface area contributed by atoms with Crippen molar-refractivity contribution in [1.82, 2.24) is 0 Å². The standard InChI is InChI=1S/C12H18OS/c1-7(14)13-12-6-8-5-11(12)10-4-2-3-9(8)10/h8-12H,2-6H2,1H3. The molecule has 0 amide bonds. The smallest absolute Gasteiger partial charge is 0.157 e. The summed E-state index contributed by atoms with van der Waals surface area (Å²) in [6, 6.07) is 0. The number of thiocarbonyl (C=S) groups is 1. The molecule has 3 fully saturated rings. The second kappa shape index (κ2) is 3.19. The topological polar surface area (TPSA) is 9.23 Å². The summed E-state index contributed by atoms with van der Waals surface area (Å²) in [4.78, 5) is 0. The third-order valence-electron chi connectivity index (χ3n) is 4.69. The van der Waals surface area contributed by atoms with Crippen LogP contribution >= 0.6 is 12.2 Å². The molecule has 0 N–H and O–H groups in total. The minimum Gasteiger partial charge on any atom is -0.484 e. The first-order chi connectivity index (χ1) is 6.75. The van der Waals surface area contributed by atoms with Gasteiger partial charge in [-0.1, -0.05) is 6.42 Å². The first kappa shape index (κ1) is 9.14. The van der Waals surface area contributed by atoms with Crippen LogP contribution in [0, 0.1) is 23.7 Å². The highest BCUT2D eigenvalue weighted by Crippen LogP contribution is 2.59. The quantitative estimate of drug-likeness (QED) is 0.615. The van der Waals surface area contributed by atoms with E-state index in [4.69, 9.17) is 17.0 Å². The van der Waals surface area contributed by atoms with Gasteiger partial charge in [0.05, 0.1) is 0 Å². The number of hydrogen-bond donors (Lipinski definition) is 0. The van der Waals surface area contributed by atoms with E-state index in [9.17, 15) is 0 Å². The molecule has 3 saturated carbocycles. The van der Waals surface area contributed by atoms with E-state index in [1.165, 1.54) is 32.1 Å². The summed E-state index contributed by atoms with van der Waals surface area (Å²) < 4.78 is 5.78. The molecule has 0 aromatic heterocycles. The van der Waals surface area contributed by atoms with E-state index in [2.05, 4.69) is 0 Å². The fraction of sp³-hybridized carbons (Fsp3) is 0.917. The second-order valence-corrected chi connectivity index (χ2v) is 5.88. The molecule has 5 unspecified atom stereocenters. The molecule has 14 heavy (non-hydrogen) atoms. The maximum atomic E-state index is 5.78. The summed E-state index contributed by atoms with van der Waals surface area (Å²) in [6.45, 7) is 1.91. The molecular weight excluding hydrogens is 192 g/mol. The van der Waals surface area contributed by atoms with Gasteiger partial charge in [-0.3, -0.25) is 0 Å². The third kappa shape index (κ3) is 1.23. The third-order valence-corrected chi connectivity index (χ3v) is 4.78. The van der Waals surface area contributed by atoms with Gasteiger partial charge < -0.3 is 4.74 Å². The Labute approximate surface area is 91.2 Å². The maximum absolute atomic E-state index is 5.78. The van der Waals surface area contributed by atoms with Crippen molar-refractivity contribution in [3.05, 3.63) is 0 Å². The largest absolute Gasteiger partial charge is 0.484 e. The molecule has 0 aromatic rings. The fourth-order valence-corrected chi connectivity index (χ4v) is 4.48. The molecule has 0 spiro atoms. The van der Waals surface area contributed by atoms with Gasteiger partial charge in [0, 0.05) is 6.92 Å². The first-order valence-corrected chi connectivity index (χ1v) is 6.34. The Morgan fingerprint density at radius 2 is 1.93 bits per heavy atom. The fourth-order valence-electron chi connectivity index (χ4n) is 4.35. The minimum absolute atomic E-state index is 0.483. The Kier molecular flexibility index (Phi) is 2.08. The van der Waals surface area contributed by atoms with Crippen molar-refractivity contribution in [2.75, 3.05) is 0 Å². The van der Waals surface area contributed by atoms with Gasteiger partial charge in [-0.2, -0.15) is 0 Å². The van der Waals surface area contributed by atoms with Crippen LogP contribution in [0.5, 0.6) is 0 Å². The molecule has 0 aliphatic heterocycles. The molecule has 1 nitrogen and oxygen atoms in total. The zero-order valence-corrected chi connectivity index (χ0v) is 9.56. The van der Waals surface area contributed by atoms with Crippen LogP contribution in [0.1, 0.15) is 39.0 Å². The summed E-state index contributed by atoms with van der Waals surface area (Å²) in [7, 11) is 0. The predicted molar refractivity (Wildman–Crippen MR) is 60.2 cm³/mol. The summed E-state index contributed by atoms with van der Waals surface area (Å²) >= 11 is 5.05. The molecule has 0 heterocycles. The van der Waals surface area contributed by atoms with Crippen molar-refractivity contribution in [1.29, 1.82) is 0 Å². The molecule has 2 bridgehead atoms. The molecule has 3 rings (SSSR count). The zero-order chi connectivity index (χ0) is 9.71. The van der Waals surface area contributed by atoms with E-state index in [1.54, 1.807) is 0 Å². The Bertz CT molecular complexity index is 263. The first-order valence-electron chi connectivity index (χ1n) is 5.93.